The van der Waals surface area contributed by atoms with Gasteiger partial charge < -0.3 is 14.8 Å². The van der Waals surface area contributed by atoms with E-state index in [2.05, 4.69) is 12.2 Å². The molecule has 0 radical (unpaired) electrons. The van der Waals surface area contributed by atoms with E-state index in [4.69, 9.17) is 9.47 Å². The third-order valence-electron chi connectivity index (χ3n) is 4.65. The lowest BCUT2D eigenvalue weighted by Crippen LogP contribution is -2.50. The maximum absolute atomic E-state index is 12.1. The molecule has 118 valence electrons. The largest absolute Gasteiger partial charge is 0.375 e. The number of nitrogens with one attached hydrogen (secondary N) is 1. The Kier molecular flexibility index (Phi) is 6.18. The van der Waals surface area contributed by atoms with Crippen LogP contribution < -0.4 is 5.32 Å². The molecule has 0 bridgehead atoms. The molecule has 5 heteroatoms. The standard InChI is InChI=1S/C15H27F2NO2/c1-2-18-13(5-8-19-11-14(16)17)12-4-9-20-15(10-12)6-3-7-15/h12-14,18H,2-11H2,1H3. The Bertz CT molecular complexity index is 285. The second-order valence-electron chi connectivity index (χ2n) is 6.06. The monoisotopic (exact) mass is 291 g/mol. The highest BCUT2D eigenvalue weighted by atomic mass is 19.3. The van der Waals surface area contributed by atoms with Gasteiger partial charge in [-0.25, -0.2) is 8.78 Å². The fraction of sp³-hybridized carbons (Fsp3) is 1.00. The van der Waals surface area contributed by atoms with E-state index in [1.807, 2.05) is 0 Å². The van der Waals surface area contributed by atoms with Crippen LogP contribution in [-0.4, -0.2) is 44.4 Å². The normalized spacial score (nSPS) is 26.7. The minimum absolute atomic E-state index is 0.139. The fourth-order valence-corrected chi connectivity index (χ4v) is 3.48. The molecule has 2 unspecified atom stereocenters. The van der Waals surface area contributed by atoms with E-state index in [0.717, 1.165) is 32.4 Å². The van der Waals surface area contributed by atoms with Crippen LogP contribution in [0.5, 0.6) is 0 Å². The molecule has 1 saturated heterocycles. The molecule has 0 amide bonds. The predicted molar refractivity (Wildman–Crippen MR) is 74.2 cm³/mol. The van der Waals surface area contributed by atoms with Crippen LogP contribution in [0.25, 0.3) is 0 Å². The number of rotatable bonds is 8. The van der Waals surface area contributed by atoms with Crippen LogP contribution in [0.2, 0.25) is 0 Å². The molecular formula is C15H27F2NO2. The third kappa shape index (κ3) is 4.37. The van der Waals surface area contributed by atoms with Crippen molar-refractivity contribution in [2.24, 2.45) is 5.92 Å². The van der Waals surface area contributed by atoms with Crippen molar-refractivity contribution in [1.82, 2.24) is 5.32 Å². The van der Waals surface area contributed by atoms with Crippen molar-refractivity contribution in [3.8, 4) is 0 Å². The zero-order chi connectivity index (χ0) is 14.4. The smallest absolute Gasteiger partial charge is 0.261 e. The summed E-state index contributed by atoms with van der Waals surface area (Å²) in [7, 11) is 0. The minimum atomic E-state index is -2.37. The van der Waals surface area contributed by atoms with Crippen LogP contribution in [-0.2, 0) is 9.47 Å². The van der Waals surface area contributed by atoms with E-state index in [1.54, 1.807) is 0 Å². The summed E-state index contributed by atoms with van der Waals surface area (Å²) in [4.78, 5) is 0. The quantitative estimate of drug-likeness (QED) is 0.697. The van der Waals surface area contributed by atoms with Crippen molar-refractivity contribution in [3.05, 3.63) is 0 Å². The molecule has 1 heterocycles. The first-order valence-corrected chi connectivity index (χ1v) is 7.88. The molecule has 1 N–H and O–H groups in total. The molecule has 2 rings (SSSR count). The molecule has 0 aromatic heterocycles. The average molecular weight is 291 g/mol. The molecule has 3 nitrogen and oxygen atoms in total. The summed E-state index contributed by atoms with van der Waals surface area (Å²) >= 11 is 0. The molecule has 1 aliphatic carbocycles. The Morgan fingerprint density at radius 2 is 2.20 bits per heavy atom. The number of ether oxygens (including phenoxy) is 2. The molecule has 0 aromatic carbocycles. The fourth-order valence-electron chi connectivity index (χ4n) is 3.48. The van der Waals surface area contributed by atoms with E-state index >= 15 is 0 Å². The van der Waals surface area contributed by atoms with Crippen LogP contribution >= 0.6 is 0 Å². The number of hydrogen-bond donors (Lipinski definition) is 1. The Morgan fingerprint density at radius 1 is 1.40 bits per heavy atom. The van der Waals surface area contributed by atoms with E-state index in [1.165, 1.54) is 19.3 Å². The first kappa shape index (κ1) is 16.1. The van der Waals surface area contributed by atoms with Gasteiger partial charge in [0, 0.05) is 19.3 Å². The number of hydrogen-bond acceptors (Lipinski definition) is 3. The average Bonchev–Trinajstić information content (AvgIpc) is 2.40. The minimum Gasteiger partial charge on any atom is -0.375 e. The highest BCUT2D eigenvalue weighted by Crippen LogP contribution is 2.45. The molecule has 1 saturated carbocycles. The second kappa shape index (κ2) is 7.66. The van der Waals surface area contributed by atoms with Crippen LogP contribution in [0, 0.1) is 5.92 Å². The first-order chi connectivity index (χ1) is 9.65. The molecule has 1 aliphatic heterocycles. The second-order valence-corrected chi connectivity index (χ2v) is 6.06. The van der Waals surface area contributed by atoms with Crippen molar-refractivity contribution in [2.45, 2.75) is 63.5 Å². The van der Waals surface area contributed by atoms with Gasteiger partial charge >= 0.3 is 0 Å². The van der Waals surface area contributed by atoms with Gasteiger partial charge in [0.1, 0.15) is 6.61 Å². The highest BCUT2D eigenvalue weighted by molar-refractivity contribution is 4.96. The van der Waals surface area contributed by atoms with Gasteiger partial charge in [-0.2, -0.15) is 0 Å². The SMILES string of the molecule is CCNC(CCOCC(F)F)C1CCOC2(CCC2)C1. The topological polar surface area (TPSA) is 30.5 Å². The van der Waals surface area contributed by atoms with Gasteiger partial charge in [0.05, 0.1) is 5.60 Å². The van der Waals surface area contributed by atoms with Crippen molar-refractivity contribution in [2.75, 3.05) is 26.4 Å². The summed E-state index contributed by atoms with van der Waals surface area (Å²) in [6.07, 6.45) is 4.26. The van der Waals surface area contributed by atoms with E-state index in [0.29, 0.717) is 18.6 Å². The third-order valence-corrected chi connectivity index (χ3v) is 4.65. The zero-order valence-corrected chi connectivity index (χ0v) is 12.4. The summed E-state index contributed by atoms with van der Waals surface area (Å²) < 4.78 is 35.1. The van der Waals surface area contributed by atoms with Gasteiger partial charge in [-0.15, -0.1) is 0 Å². The number of halogens is 2. The molecule has 2 aliphatic rings. The Morgan fingerprint density at radius 3 is 2.80 bits per heavy atom. The van der Waals surface area contributed by atoms with Crippen LogP contribution in [0.15, 0.2) is 0 Å². The van der Waals surface area contributed by atoms with Gasteiger partial charge in [0.2, 0.25) is 0 Å². The lowest BCUT2D eigenvalue weighted by atomic mass is 9.70. The van der Waals surface area contributed by atoms with Crippen LogP contribution in [0.4, 0.5) is 8.78 Å². The molecule has 2 atom stereocenters. The summed E-state index contributed by atoms with van der Waals surface area (Å²) in [6, 6.07) is 0.360. The molecular weight excluding hydrogens is 264 g/mol. The lowest BCUT2D eigenvalue weighted by molar-refractivity contribution is -0.147. The zero-order valence-electron chi connectivity index (χ0n) is 12.4. The van der Waals surface area contributed by atoms with Crippen molar-refractivity contribution >= 4 is 0 Å². The molecule has 0 aromatic rings. The van der Waals surface area contributed by atoms with Crippen molar-refractivity contribution < 1.29 is 18.3 Å². The maximum Gasteiger partial charge on any atom is 0.261 e. The van der Waals surface area contributed by atoms with E-state index < -0.39 is 13.0 Å². The van der Waals surface area contributed by atoms with Gasteiger partial charge in [-0.05, 0) is 51.0 Å². The van der Waals surface area contributed by atoms with E-state index in [-0.39, 0.29) is 5.60 Å². The van der Waals surface area contributed by atoms with Gasteiger partial charge in [0.15, 0.2) is 0 Å². The summed E-state index contributed by atoms with van der Waals surface area (Å²) in [5, 5.41) is 3.50. The van der Waals surface area contributed by atoms with Crippen molar-refractivity contribution in [1.29, 1.82) is 0 Å². The predicted octanol–water partition coefficient (Wildman–Crippen LogP) is 2.99. The Balaban J connectivity index is 1.77. The Hall–Kier alpha value is -0.260. The highest BCUT2D eigenvalue weighted by Gasteiger charge is 2.44. The van der Waals surface area contributed by atoms with Gasteiger partial charge in [-0.1, -0.05) is 6.92 Å². The van der Waals surface area contributed by atoms with Gasteiger partial charge in [-0.3, -0.25) is 0 Å². The number of alkyl halides is 2. The van der Waals surface area contributed by atoms with E-state index in [9.17, 15) is 8.78 Å². The van der Waals surface area contributed by atoms with Crippen LogP contribution in [0.1, 0.15) is 45.4 Å². The van der Waals surface area contributed by atoms with Crippen LogP contribution in [0.3, 0.4) is 0 Å². The first-order valence-electron chi connectivity index (χ1n) is 7.88. The maximum atomic E-state index is 12.1. The summed E-state index contributed by atoms with van der Waals surface area (Å²) in [5.41, 5.74) is 0.139. The summed E-state index contributed by atoms with van der Waals surface area (Å²) in [6.45, 7) is 3.79. The summed E-state index contributed by atoms with van der Waals surface area (Å²) in [5.74, 6) is 0.583. The van der Waals surface area contributed by atoms with Gasteiger partial charge in [0.25, 0.3) is 6.43 Å². The lowest BCUT2D eigenvalue weighted by Gasteiger charge is -2.49. The van der Waals surface area contributed by atoms with Crippen molar-refractivity contribution in [3.63, 3.8) is 0 Å². The molecule has 2 fully saturated rings. The Labute approximate surface area is 120 Å². The molecule has 1 spiro atoms. The molecule has 20 heavy (non-hydrogen) atoms.